The Balaban J connectivity index is 1.60. The van der Waals surface area contributed by atoms with Crippen molar-refractivity contribution in [3.05, 3.63) is 22.4 Å². The standard InChI is InChI=1S/C13H18N2OS/c16-13(7-11-4-2-6-17-11)15-8-10-3-1-5-14-12(10)9-15/h2,4,6,10,12,14H,1,3,5,7-9H2/t10-,12+/m0/s1. The molecule has 1 aromatic heterocycles. The molecule has 3 rings (SSSR count). The number of fused-ring (bicyclic) bond motifs is 1. The minimum Gasteiger partial charge on any atom is -0.340 e. The molecule has 2 saturated heterocycles. The molecule has 0 aliphatic carbocycles. The van der Waals surface area contributed by atoms with Crippen molar-refractivity contribution in [1.82, 2.24) is 10.2 Å². The summed E-state index contributed by atoms with van der Waals surface area (Å²) < 4.78 is 0. The van der Waals surface area contributed by atoms with Gasteiger partial charge in [0.2, 0.25) is 5.91 Å². The Labute approximate surface area is 106 Å². The quantitative estimate of drug-likeness (QED) is 0.863. The molecule has 2 fully saturated rings. The molecule has 0 radical (unpaired) electrons. The van der Waals surface area contributed by atoms with Crippen molar-refractivity contribution < 1.29 is 4.79 Å². The molecule has 0 saturated carbocycles. The summed E-state index contributed by atoms with van der Waals surface area (Å²) in [7, 11) is 0. The molecular weight excluding hydrogens is 232 g/mol. The van der Waals surface area contributed by atoms with Crippen LogP contribution in [0.1, 0.15) is 17.7 Å². The van der Waals surface area contributed by atoms with Gasteiger partial charge in [0.25, 0.3) is 0 Å². The minimum absolute atomic E-state index is 0.295. The molecule has 0 aromatic carbocycles. The molecule has 2 aliphatic rings. The van der Waals surface area contributed by atoms with Crippen molar-refractivity contribution in [2.75, 3.05) is 19.6 Å². The number of hydrogen-bond donors (Lipinski definition) is 1. The van der Waals surface area contributed by atoms with Crippen LogP contribution in [0.15, 0.2) is 17.5 Å². The zero-order valence-corrected chi connectivity index (χ0v) is 10.7. The number of carbonyl (C=O) groups excluding carboxylic acids is 1. The highest BCUT2D eigenvalue weighted by molar-refractivity contribution is 7.10. The molecule has 3 heterocycles. The molecule has 4 heteroatoms. The number of nitrogens with zero attached hydrogens (tertiary/aromatic N) is 1. The Kier molecular flexibility index (Phi) is 3.16. The molecule has 1 N–H and O–H groups in total. The van der Waals surface area contributed by atoms with Gasteiger partial charge in [0.1, 0.15) is 0 Å². The number of likely N-dealkylation sites (tertiary alicyclic amines) is 1. The van der Waals surface area contributed by atoms with Crippen LogP contribution in [0.5, 0.6) is 0 Å². The molecule has 1 amide bonds. The van der Waals surface area contributed by atoms with Crippen LogP contribution in [0.25, 0.3) is 0 Å². The third kappa shape index (κ3) is 2.38. The Hall–Kier alpha value is -0.870. The molecule has 1 aromatic rings. The fourth-order valence-electron chi connectivity index (χ4n) is 2.92. The summed E-state index contributed by atoms with van der Waals surface area (Å²) in [4.78, 5) is 15.4. The van der Waals surface area contributed by atoms with Crippen molar-refractivity contribution in [3.63, 3.8) is 0 Å². The van der Waals surface area contributed by atoms with Crippen molar-refractivity contribution in [2.45, 2.75) is 25.3 Å². The normalized spacial score (nSPS) is 28.1. The Morgan fingerprint density at radius 2 is 2.47 bits per heavy atom. The number of rotatable bonds is 2. The highest BCUT2D eigenvalue weighted by Gasteiger charge is 2.36. The van der Waals surface area contributed by atoms with Crippen molar-refractivity contribution >= 4 is 17.2 Å². The average molecular weight is 250 g/mol. The first-order valence-electron chi connectivity index (χ1n) is 6.36. The van der Waals surface area contributed by atoms with E-state index >= 15 is 0 Å². The maximum Gasteiger partial charge on any atom is 0.227 e. The maximum atomic E-state index is 12.2. The van der Waals surface area contributed by atoms with Gasteiger partial charge in [-0.3, -0.25) is 4.79 Å². The van der Waals surface area contributed by atoms with E-state index in [4.69, 9.17) is 0 Å². The van der Waals surface area contributed by atoms with Crippen LogP contribution in [0, 0.1) is 5.92 Å². The summed E-state index contributed by atoms with van der Waals surface area (Å²) in [5, 5.41) is 5.57. The maximum absolute atomic E-state index is 12.2. The van der Waals surface area contributed by atoms with Gasteiger partial charge in [-0.15, -0.1) is 11.3 Å². The lowest BCUT2D eigenvalue weighted by molar-refractivity contribution is -0.129. The summed E-state index contributed by atoms with van der Waals surface area (Å²) in [5.41, 5.74) is 0. The fourth-order valence-corrected chi connectivity index (χ4v) is 3.62. The summed E-state index contributed by atoms with van der Waals surface area (Å²) in [6.07, 6.45) is 3.12. The first-order chi connectivity index (χ1) is 8.33. The van der Waals surface area contributed by atoms with E-state index in [0.29, 0.717) is 24.3 Å². The highest BCUT2D eigenvalue weighted by Crippen LogP contribution is 2.25. The van der Waals surface area contributed by atoms with E-state index in [1.807, 2.05) is 22.4 Å². The lowest BCUT2D eigenvalue weighted by Gasteiger charge is -2.24. The number of thiophene rings is 1. The van der Waals surface area contributed by atoms with E-state index in [1.165, 1.54) is 17.7 Å². The molecule has 2 atom stereocenters. The van der Waals surface area contributed by atoms with Gasteiger partial charge in [-0.1, -0.05) is 6.07 Å². The zero-order chi connectivity index (χ0) is 11.7. The molecule has 17 heavy (non-hydrogen) atoms. The molecule has 3 nitrogen and oxygen atoms in total. The van der Waals surface area contributed by atoms with Crippen molar-refractivity contribution in [2.24, 2.45) is 5.92 Å². The number of nitrogens with one attached hydrogen (secondary N) is 1. The summed E-state index contributed by atoms with van der Waals surface area (Å²) in [6, 6.07) is 4.61. The minimum atomic E-state index is 0.295. The molecular formula is C13H18N2OS. The highest BCUT2D eigenvalue weighted by atomic mass is 32.1. The van der Waals surface area contributed by atoms with E-state index in [-0.39, 0.29) is 0 Å². The van der Waals surface area contributed by atoms with Gasteiger partial charge >= 0.3 is 0 Å². The van der Waals surface area contributed by atoms with E-state index in [2.05, 4.69) is 5.32 Å². The summed E-state index contributed by atoms with van der Waals surface area (Å²) in [5.74, 6) is 0.986. The molecule has 0 unspecified atom stereocenters. The number of amides is 1. The first-order valence-corrected chi connectivity index (χ1v) is 7.24. The Morgan fingerprint density at radius 1 is 1.53 bits per heavy atom. The van der Waals surface area contributed by atoms with Gasteiger partial charge in [-0.2, -0.15) is 0 Å². The molecule has 0 bridgehead atoms. The number of carbonyl (C=O) groups is 1. The lowest BCUT2D eigenvalue weighted by Crippen LogP contribution is -2.41. The topological polar surface area (TPSA) is 32.3 Å². The van der Waals surface area contributed by atoms with Gasteiger partial charge in [0.15, 0.2) is 0 Å². The largest absolute Gasteiger partial charge is 0.340 e. The van der Waals surface area contributed by atoms with Crippen LogP contribution in [0.3, 0.4) is 0 Å². The van der Waals surface area contributed by atoms with Gasteiger partial charge in [0, 0.05) is 24.0 Å². The third-order valence-electron chi connectivity index (χ3n) is 3.86. The van der Waals surface area contributed by atoms with Gasteiger partial charge < -0.3 is 10.2 Å². The monoisotopic (exact) mass is 250 g/mol. The van der Waals surface area contributed by atoms with E-state index in [0.717, 1.165) is 19.6 Å². The number of piperidine rings is 1. The second-order valence-corrected chi connectivity index (χ2v) is 6.05. The lowest BCUT2D eigenvalue weighted by atomic mass is 9.94. The second-order valence-electron chi connectivity index (χ2n) is 5.02. The predicted molar refractivity (Wildman–Crippen MR) is 69.1 cm³/mol. The van der Waals surface area contributed by atoms with Crippen LogP contribution in [-0.2, 0) is 11.2 Å². The van der Waals surface area contributed by atoms with Crippen molar-refractivity contribution in [1.29, 1.82) is 0 Å². The summed E-state index contributed by atoms with van der Waals surface area (Å²) in [6.45, 7) is 2.99. The molecule has 2 aliphatic heterocycles. The van der Waals surface area contributed by atoms with Crippen LogP contribution >= 0.6 is 11.3 Å². The Bertz CT molecular complexity index is 376. The van der Waals surface area contributed by atoms with Crippen molar-refractivity contribution in [3.8, 4) is 0 Å². The van der Waals surface area contributed by atoms with E-state index < -0.39 is 0 Å². The van der Waals surface area contributed by atoms with E-state index in [9.17, 15) is 4.79 Å². The molecule has 92 valence electrons. The fraction of sp³-hybridized carbons (Fsp3) is 0.615. The first kappa shape index (κ1) is 11.2. The van der Waals surface area contributed by atoms with Crippen LogP contribution < -0.4 is 5.32 Å². The van der Waals surface area contributed by atoms with Gasteiger partial charge in [-0.05, 0) is 36.8 Å². The van der Waals surface area contributed by atoms with Gasteiger partial charge in [-0.25, -0.2) is 0 Å². The second kappa shape index (κ2) is 4.78. The zero-order valence-electron chi connectivity index (χ0n) is 9.89. The van der Waals surface area contributed by atoms with Crippen LogP contribution in [0.2, 0.25) is 0 Å². The van der Waals surface area contributed by atoms with Crippen LogP contribution in [0.4, 0.5) is 0 Å². The van der Waals surface area contributed by atoms with E-state index in [1.54, 1.807) is 11.3 Å². The smallest absolute Gasteiger partial charge is 0.227 e. The number of hydrogen-bond acceptors (Lipinski definition) is 3. The predicted octanol–water partition coefficient (Wildman–Crippen LogP) is 1.50. The summed E-state index contributed by atoms with van der Waals surface area (Å²) >= 11 is 1.67. The Morgan fingerprint density at radius 3 is 3.24 bits per heavy atom. The van der Waals surface area contributed by atoms with Gasteiger partial charge in [0.05, 0.1) is 6.42 Å². The third-order valence-corrected chi connectivity index (χ3v) is 4.73. The SMILES string of the molecule is O=C(Cc1cccs1)N1C[C@@H]2CCCN[C@@H]2C1. The average Bonchev–Trinajstić information content (AvgIpc) is 2.96. The molecule has 0 spiro atoms. The van der Waals surface area contributed by atoms with Crippen LogP contribution in [-0.4, -0.2) is 36.5 Å².